The number of nitrogens with zero attached hydrogens (tertiary/aromatic N) is 7. The van der Waals surface area contributed by atoms with E-state index in [0.29, 0.717) is 37.3 Å². The smallest absolute Gasteiger partial charge is 0.253 e. The second-order valence-corrected chi connectivity index (χ2v) is 7.72. The Morgan fingerprint density at radius 3 is 2.53 bits per heavy atom. The van der Waals surface area contributed by atoms with Crippen LogP contribution in [0.25, 0.3) is 16.9 Å². The van der Waals surface area contributed by atoms with Gasteiger partial charge in [0.1, 0.15) is 12.1 Å². The predicted molar refractivity (Wildman–Crippen MR) is 120 cm³/mol. The minimum absolute atomic E-state index is 0.0569. The Morgan fingerprint density at radius 2 is 1.78 bits per heavy atom. The van der Waals surface area contributed by atoms with E-state index in [0.717, 1.165) is 28.4 Å². The lowest BCUT2D eigenvalue weighted by molar-refractivity contribution is 0.0746. The van der Waals surface area contributed by atoms with Crippen LogP contribution in [0.15, 0.2) is 54.9 Å². The Bertz CT molecular complexity index is 1260. The fraction of sp³-hybridized carbons (Fsp3) is 0.261. The van der Waals surface area contributed by atoms with Gasteiger partial charge in [0, 0.05) is 37.8 Å². The largest absolute Gasteiger partial charge is 0.497 e. The van der Waals surface area contributed by atoms with E-state index in [-0.39, 0.29) is 5.91 Å². The zero-order chi connectivity index (χ0) is 22.1. The molecule has 0 radical (unpaired) electrons. The van der Waals surface area contributed by atoms with Gasteiger partial charge in [0.15, 0.2) is 17.0 Å². The van der Waals surface area contributed by atoms with Gasteiger partial charge in [-0.3, -0.25) is 4.79 Å². The molecule has 1 fully saturated rings. The summed E-state index contributed by atoms with van der Waals surface area (Å²) in [6.45, 7) is 4.57. The number of carbonyl (C=O) groups is 1. The summed E-state index contributed by atoms with van der Waals surface area (Å²) in [4.78, 5) is 25.7. The Hall–Kier alpha value is -4.01. The molecule has 0 unspecified atom stereocenters. The van der Waals surface area contributed by atoms with Crippen molar-refractivity contribution >= 4 is 22.9 Å². The molecule has 1 saturated heterocycles. The van der Waals surface area contributed by atoms with E-state index in [9.17, 15) is 4.79 Å². The summed E-state index contributed by atoms with van der Waals surface area (Å²) in [7, 11) is 1.63. The van der Waals surface area contributed by atoms with Crippen molar-refractivity contribution in [3.8, 4) is 11.4 Å². The maximum atomic E-state index is 12.8. The minimum atomic E-state index is 0.0569. The van der Waals surface area contributed by atoms with Crippen molar-refractivity contribution in [3.05, 3.63) is 66.0 Å². The molecule has 32 heavy (non-hydrogen) atoms. The van der Waals surface area contributed by atoms with E-state index in [1.807, 2.05) is 60.4 Å². The summed E-state index contributed by atoms with van der Waals surface area (Å²) in [6.07, 6.45) is 1.53. The van der Waals surface area contributed by atoms with Crippen LogP contribution in [0.1, 0.15) is 15.9 Å². The van der Waals surface area contributed by atoms with Gasteiger partial charge in [0.25, 0.3) is 5.91 Å². The number of benzene rings is 2. The number of hydrogen-bond acceptors (Lipinski definition) is 7. The number of fused-ring (bicyclic) bond motifs is 1. The van der Waals surface area contributed by atoms with Crippen LogP contribution in [0.4, 0.5) is 5.82 Å². The third kappa shape index (κ3) is 3.62. The average Bonchev–Trinajstić information content (AvgIpc) is 3.29. The number of ether oxygens (including phenoxy) is 1. The number of methoxy groups -OCH3 is 1. The van der Waals surface area contributed by atoms with E-state index in [1.54, 1.807) is 11.8 Å². The highest BCUT2D eigenvalue weighted by Crippen LogP contribution is 2.25. The second-order valence-electron chi connectivity index (χ2n) is 7.72. The van der Waals surface area contributed by atoms with E-state index >= 15 is 0 Å². The van der Waals surface area contributed by atoms with Gasteiger partial charge < -0.3 is 14.5 Å². The summed E-state index contributed by atoms with van der Waals surface area (Å²) in [5, 5.41) is 8.66. The molecule has 4 aromatic rings. The Morgan fingerprint density at radius 1 is 1.00 bits per heavy atom. The van der Waals surface area contributed by atoms with E-state index in [4.69, 9.17) is 4.74 Å². The summed E-state index contributed by atoms with van der Waals surface area (Å²) in [5.74, 6) is 1.52. The molecule has 1 amide bonds. The van der Waals surface area contributed by atoms with Crippen molar-refractivity contribution in [2.24, 2.45) is 0 Å². The molecule has 0 saturated carbocycles. The molecule has 2 aromatic heterocycles. The van der Waals surface area contributed by atoms with Gasteiger partial charge in [-0.25, -0.2) is 9.97 Å². The van der Waals surface area contributed by atoms with Crippen LogP contribution in [0, 0.1) is 6.92 Å². The third-order valence-electron chi connectivity index (χ3n) is 5.68. The Labute approximate surface area is 185 Å². The van der Waals surface area contributed by atoms with Crippen LogP contribution in [-0.4, -0.2) is 69.1 Å². The molecule has 9 nitrogen and oxygen atoms in total. The molecule has 0 N–H and O–H groups in total. The second kappa shape index (κ2) is 8.26. The highest BCUT2D eigenvalue weighted by atomic mass is 16.5. The predicted octanol–water partition coefficient (Wildman–Crippen LogP) is 2.49. The van der Waals surface area contributed by atoms with Crippen LogP contribution in [0.3, 0.4) is 0 Å². The Kier molecular flexibility index (Phi) is 5.14. The number of piperazine rings is 1. The van der Waals surface area contributed by atoms with Crippen molar-refractivity contribution in [2.75, 3.05) is 38.2 Å². The number of carbonyl (C=O) groups excluding carboxylic acids is 1. The molecule has 3 heterocycles. The molecule has 1 aliphatic rings. The molecule has 9 heteroatoms. The van der Waals surface area contributed by atoms with E-state index < -0.39 is 0 Å². The van der Waals surface area contributed by atoms with Crippen molar-refractivity contribution in [2.45, 2.75) is 6.92 Å². The van der Waals surface area contributed by atoms with Crippen LogP contribution in [-0.2, 0) is 0 Å². The number of rotatable bonds is 4. The highest BCUT2D eigenvalue weighted by molar-refractivity contribution is 5.94. The summed E-state index contributed by atoms with van der Waals surface area (Å²) in [5.41, 5.74) is 3.93. The van der Waals surface area contributed by atoms with Crippen molar-refractivity contribution in [1.82, 2.24) is 29.9 Å². The van der Waals surface area contributed by atoms with Gasteiger partial charge in [-0.1, -0.05) is 29.0 Å². The highest BCUT2D eigenvalue weighted by Gasteiger charge is 2.25. The van der Waals surface area contributed by atoms with Crippen molar-refractivity contribution in [3.63, 3.8) is 0 Å². The van der Waals surface area contributed by atoms with Crippen LogP contribution in [0.2, 0.25) is 0 Å². The number of anilines is 1. The van der Waals surface area contributed by atoms with Crippen molar-refractivity contribution in [1.29, 1.82) is 0 Å². The van der Waals surface area contributed by atoms with Crippen LogP contribution >= 0.6 is 0 Å². The zero-order valence-corrected chi connectivity index (χ0v) is 18.0. The lowest BCUT2D eigenvalue weighted by atomic mass is 10.1. The van der Waals surface area contributed by atoms with Crippen LogP contribution < -0.4 is 9.64 Å². The first-order chi connectivity index (χ1) is 15.6. The van der Waals surface area contributed by atoms with Gasteiger partial charge in [0.05, 0.1) is 12.8 Å². The van der Waals surface area contributed by atoms with Crippen LogP contribution in [0.5, 0.6) is 5.75 Å². The average molecular weight is 429 g/mol. The first-order valence-corrected chi connectivity index (χ1v) is 10.5. The molecule has 0 bridgehead atoms. The van der Waals surface area contributed by atoms with E-state index in [1.165, 1.54) is 6.33 Å². The van der Waals surface area contributed by atoms with Gasteiger partial charge in [-0.05, 0) is 31.2 Å². The van der Waals surface area contributed by atoms with Gasteiger partial charge in [0.2, 0.25) is 0 Å². The van der Waals surface area contributed by atoms with Gasteiger partial charge in [-0.2, -0.15) is 4.68 Å². The molecular weight excluding hydrogens is 406 g/mol. The Balaban J connectivity index is 1.36. The first kappa shape index (κ1) is 19.9. The normalized spacial score (nSPS) is 14.1. The summed E-state index contributed by atoms with van der Waals surface area (Å²) >= 11 is 0. The molecular formula is C23H23N7O2. The molecule has 2 aromatic carbocycles. The van der Waals surface area contributed by atoms with Gasteiger partial charge >= 0.3 is 0 Å². The summed E-state index contributed by atoms with van der Waals surface area (Å²) in [6, 6.07) is 15.3. The third-order valence-corrected chi connectivity index (χ3v) is 5.68. The molecule has 0 atom stereocenters. The number of aryl methyl sites for hydroxylation is 1. The van der Waals surface area contributed by atoms with E-state index in [2.05, 4.69) is 25.2 Å². The zero-order valence-electron chi connectivity index (χ0n) is 18.0. The lowest BCUT2D eigenvalue weighted by Gasteiger charge is -2.35. The van der Waals surface area contributed by atoms with Crippen molar-refractivity contribution < 1.29 is 9.53 Å². The minimum Gasteiger partial charge on any atom is -0.497 e. The lowest BCUT2D eigenvalue weighted by Crippen LogP contribution is -2.49. The molecule has 0 spiro atoms. The molecule has 1 aliphatic heterocycles. The molecule has 0 aliphatic carbocycles. The molecule has 5 rings (SSSR count). The molecule has 162 valence electrons. The maximum Gasteiger partial charge on any atom is 0.253 e. The van der Waals surface area contributed by atoms with Gasteiger partial charge in [-0.15, -0.1) is 5.10 Å². The first-order valence-electron chi connectivity index (χ1n) is 10.5. The summed E-state index contributed by atoms with van der Waals surface area (Å²) < 4.78 is 7.00. The quantitative estimate of drug-likeness (QED) is 0.492. The monoisotopic (exact) mass is 429 g/mol. The maximum absolute atomic E-state index is 12.8. The number of amides is 1. The SMILES string of the molecule is COc1cccc(-n2nnc3c(N4CCN(C(=O)c5ccc(C)cc5)CC4)ncnc32)c1. The number of aromatic nitrogens is 5. The number of hydrogen-bond donors (Lipinski definition) is 0. The fourth-order valence-electron chi connectivity index (χ4n) is 3.88. The topological polar surface area (TPSA) is 89.3 Å². The standard InChI is InChI=1S/C23H23N7O2/c1-16-6-8-17(9-7-16)23(31)29-12-10-28(11-13-29)21-20-22(25-15-24-21)30(27-26-20)18-4-3-5-19(14-18)32-2/h3-9,14-15H,10-13H2,1-2H3. The fourth-order valence-corrected chi connectivity index (χ4v) is 3.88.